The van der Waals surface area contributed by atoms with Crippen LogP contribution in [0.3, 0.4) is 0 Å². The first-order valence-corrected chi connectivity index (χ1v) is 16.8. The van der Waals surface area contributed by atoms with E-state index in [0.717, 1.165) is 24.8 Å². The van der Waals surface area contributed by atoms with E-state index in [4.69, 9.17) is 23.7 Å². The average Bonchev–Trinajstić information content (AvgIpc) is 3.26. The lowest BCUT2D eigenvalue weighted by Crippen LogP contribution is -2.69. The largest absolute Gasteiger partial charge is 0.458 e. The number of carbonyl (C=O) groups is 4. The molecule has 0 radical (unpaired) electrons. The smallest absolute Gasteiger partial charge is 0.306 e. The number of hydrogen-bond acceptors (Lipinski definition) is 10. The maximum Gasteiger partial charge on any atom is 0.306 e. The summed E-state index contributed by atoms with van der Waals surface area (Å²) in [5, 5.41) is 11.2. The number of aliphatic hydroxyl groups is 1. The van der Waals surface area contributed by atoms with E-state index in [1.807, 2.05) is 26.8 Å². The molecular formula is C36H54O10. The Morgan fingerprint density at radius 3 is 2.15 bits per heavy atom. The molecule has 0 amide bonds. The van der Waals surface area contributed by atoms with E-state index in [0.29, 0.717) is 18.4 Å². The minimum atomic E-state index is -1.45. The third-order valence-electron chi connectivity index (χ3n) is 10.2. The average molecular weight is 647 g/mol. The van der Waals surface area contributed by atoms with E-state index in [2.05, 4.69) is 13.5 Å². The van der Waals surface area contributed by atoms with Crippen molar-refractivity contribution in [3.8, 4) is 0 Å². The lowest BCUT2D eigenvalue weighted by molar-refractivity contribution is -0.279. The predicted octanol–water partition coefficient (Wildman–Crippen LogP) is 6.25. The summed E-state index contributed by atoms with van der Waals surface area (Å²) in [6.45, 7) is 15.7. The summed E-state index contributed by atoms with van der Waals surface area (Å²) in [4.78, 5) is 51.1. The number of carbonyl (C=O) groups excluding carboxylic acids is 4. The summed E-state index contributed by atoms with van der Waals surface area (Å²) in [5.74, 6) is -3.29. The number of allylic oxidation sites excluding steroid dienone is 3. The topological polar surface area (TPSA) is 135 Å². The number of aliphatic hydroxyl groups excluding tert-OH is 1. The summed E-state index contributed by atoms with van der Waals surface area (Å²) in [6, 6.07) is 0. The van der Waals surface area contributed by atoms with Gasteiger partial charge in [-0.25, -0.2) is 0 Å². The number of ether oxygens (including phenoxy) is 5. The fourth-order valence-corrected chi connectivity index (χ4v) is 7.73. The Bertz CT molecular complexity index is 1190. The maximum absolute atomic E-state index is 13.5. The van der Waals surface area contributed by atoms with Crippen LogP contribution in [-0.4, -0.2) is 59.9 Å². The third-order valence-corrected chi connectivity index (χ3v) is 10.2. The van der Waals surface area contributed by atoms with E-state index in [9.17, 15) is 24.3 Å². The molecule has 3 aliphatic rings. The molecular weight excluding hydrogens is 592 g/mol. The molecule has 5 unspecified atom stereocenters. The monoisotopic (exact) mass is 646 g/mol. The standard InChI is InChI=1S/C36H54O10/c1-9-11-12-13-14-15-16-17-30(41)45-31-23(4)35(8,19-18-22(3)10-2)29-21-27(40)20-28-33(43-25(6)38)46-34(44-26(7)39)36(28,29)32(31)42-24(5)37/h10,18,20,23,27,29,31-34,40H,2,9,11-17,19,21H2,1,3-8H3/b22-18+/t23-,27?,29-,31?,32?,33?,34?,35+,36-/m0/s1. The molecule has 0 aromatic carbocycles. The van der Waals surface area contributed by atoms with Gasteiger partial charge in [0.05, 0.1) is 6.10 Å². The maximum atomic E-state index is 13.5. The van der Waals surface area contributed by atoms with E-state index < -0.39 is 77.4 Å². The molecule has 1 saturated heterocycles. The Balaban J connectivity index is 2.15. The first-order chi connectivity index (χ1) is 21.7. The van der Waals surface area contributed by atoms with Gasteiger partial charge < -0.3 is 24.1 Å². The van der Waals surface area contributed by atoms with Gasteiger partial charge in [0, 0.05) is 38.7 Å². The van der Waals surface area contributed by atoms with Crippen molar-refractivity contribution >= 4 is 23.9 Å². The van der Waals surface area contributed by atoms with E-state index in [-0.39, 0.29) is 12.8 Å². The summed E-state index contributed by atoms with van der Waals surface area (Å²) < 4.78 is 29.9. The molecule has 1 heterocycles. The minimum absolute atomic E-state index is 0.202. The van der Waals surface area contributed by atoms with Crippen LogP contribution in [0.5, 0.6) is 0 Å². The summed E-state index contributed by atoms with van der Waals surface area (Å²) >= 11 is 0. The Morgan fingerprint density at radius 2 is 1.57 bits per heavy atom. The molecule has 10 nitrogen and oxygen atoms in total. The second kappa shape index (κ2) is 16.2. The molecule has 0 aromatic rings. The van der Waals surface area contributed by atoms with Gasteiger partial charge in [0.1, 0.15) is 11.5 Å². The minimum Gasteiger partial charge on any atom is -0.458 e. The van der Waals surface area contributed by atoms with Crippen molar-refractivity contribution in [3.63, 3.8) is 0 Å². The Morgan fingerprint density at radius 1 is 0.957 bits per heavy atom. The SMILES string of the molecule is C=C/C(C)=C/C[C@@]1(C)[C@@H]2CC(O)C=C3C(OC(C)=O)OC(OC(C)=O)[C@@]32C(OC(C)=O)C(OC(=O)CCCCCCCCC)[C@@H]1C. The molecule has 0 bridgehead atoms. The highest BCUT2D eigenvalue weighted by molar-refractivity contribution is 5.70. The summed E-state index contributed by atoms with van der Waals surface area (Å²) in [6.07, 6.45) is 7.65. The first-order valence-electron chi connectivity index (χ1n) is 16.8. The van der Waals surface area contributed by atoms with Gasteiger partial charge in [-0.3, -0.25) is 23.9 Å². The van der Waals surface area contributed by atoms with E-state index in [1.165, 1.54) is 46.1 Å². The van der Waals surface area contributed by atoms with Gasteiger partial charge in [0.2, 0.25) is 12.6 Å². The van der Waals surface area contributed by atoms with Crippen LogP contribution in [0.1, 0.15) is 113 Å². The van der Waals surface area contributed by atoms with Gasteiger partial charge in [0.15, 0.2) is 6.10 Å². The molecule has 1 N–H and O–H groups in total. The van der Waals surface area contributed by atoms with Crippen LogP contribution in [0.15, 0.2) is 36.0 Å². The molecule has 258 valence electrons. The van der Waals surface area contributed by atoms with Crippen LogP contribution in [0.25, 0.3) is 0 Å². The molecule has 2 aliphatic carbocycles. The zero-order valence-electron chi connectivity index (χ0n) is 28.7. The third kappa shape index (κ3) is 8.11. The van der Waals surface area contributed by atoms with Crippen molar-refractivity contribution in [2.75, 3.05) is 0 Å². The Labute approximate surface area is 273 Å². The normalized spacial score (nSPS) is 33.6. The van der Waals surface area contributed by atoms with Gasteiger partial charge in [-0.15, -0.1) is 0 Å². The molecule has 0 aromatic heterocycles. The van der Waals surface area contributed by atoms with Crippen molar-refractivity contribution in [2.24, 2.45) is 22.7 Å². The second-order valence-corrected chi connectivity index (χ2v) is 13.4. The summed E-state index contributed by atoms with van der Waals surface area (Å²) in [5.41, 5.74) is -0.919. The van der Waals surface area contributed by atoms with Crippen molar-refractivity contribution in [2.45, 2.75) is 144 Å². The van der Waals surface area contributed by atoms with Crippen molar-refractivity contribution in [1.82, 2.24) is 0 Å². The van der Waals surface area contributed by atoms with Crippen LogP contribution in [0, 0.1) is 22.7 Å². The zero-order chi connectivity index (χ0) is 34.2. The lowest BCUT2D eigenvalue weighted by atomic mass is 9.44. The number of rotatable bonds is 15. The van der Waals surface area contributed by atoms with Crippen LogP contribution in [0.4, 0.5) is 0 Å². The molecule has 46 heavy (non-hydrogen) atoms. The summed E-state index contributed by atoms with van der Waals surface area (Å²) in [7, 11) is 0. The van der Waals surface area contributed by atoms with Crippen LogP contribution >= 0.6 is 0 Å². The number of unbranched alkanes of at least 4 members (excludes halogenated alkanes) is 6. The fraction of sp³-hybridized carbons (Fsp3) is 0.722. The molecule has 1 spiro atoms. The fourth-order valence-electron chi connectivity index (χ4n) is 7.73. The number of hydrogen-bond donors (Lipinski definition) is 1. The van der Waals surface area contributed by atoms with Crippen molar-refractivity contribution in [3.05, 3.63) is 36.0 Å². The molecule has 9 atom stereocenters. The van der Waals surface area contributed by atoms with Gasteiger partial charge in [-0.05, 0) is 43.6 Å². The van der Waals surface area contributed by atoms with Gasteiger partial charge >= 0.3 is 23.9 Å². The second-order valence-electron chi connectivity index (χ2n) is 13.4. The molecule has 1 aliphatic heterocycles. The molecule has 1 saturated carbocycles. The van der Waals surface area contributed by atoms with Crippen molar-refractivity contribution in [1.29, 1.82) is 0 Å². The predicted molar refractivity (Wildman–Crippen MR) is 171 cm³/mol. The molecule has 3 rings (SSSR count). The highest BCUT2D eigenvalue weighted by Gasteiger charge is 2.75. The Hall–Kier alpha value is -2.98. The molecule has 2 fully saturated rings. The quantitative estimate of drug-likeness (QED) is 0.0715. The van der Waals surface area contributed by atoms with E-state index in [1.54, 1.807) is 6.08 Å². The first kappa shape index (κ1) is 37.5. The number of esters is 4. The highest BCUT2D eigenvalue weighted by atomic mass is 16.8. The van der Waals surface area contributed by atoms with Gasteiger partial charge in [-0.1, -0.05) is 83.6 Å². The van der Waals surface area contributed by atoms with Gasteiger partial charge in [-0.2, -0.15) is 0 Å². The van der Waals surface area contributed by atoms with Crippen LogP contribution < -0.4 is 0 Å². The van der Waals surface area contributed by atoms with E-state index >= 15 is 0 Å². The van der Waals surface area contributed by atoms with Crippen LogP contribution in [-0.2, 0) is 42.9 Å². The van der Waals surface area contributed by atoms with Crippen LogP contribution in [0.2, 0.25) is 0 Å². The lowest BCUT2D eigenvalue weighted by Gasteiger charge is -2.62. The van der Waals surface area contributed by atoms with Gasteiger partial charge in [0.25, 0.3) is 0 Å². The Kier molecular flexibility index (Phi) is 13.2. The molecule has 10 heteroatoms. The zero-order valence-corrected chi connectivity index (χ0v) is 28.7. The van der Waals surface area contributed by atoms with Crippen molar-refractivity contribution < 1.29 is 48.0 Å². The highest BCUT2D eigenvalue weighted by Crippen LogP contribution is 2.68.